The van der Waals surface area contributed by atoms with E-state index < -0.39 is 22.6 Å². The lowest BCUT2D eigenvalue weighted by Gasteiger charge is -2.09. The first-order chi connectivity index (χ1) is 14.1. The number of halogens is 4. The highest BCUT2D eigenvalue weighted by atomic mass is 35.5. The summed E-state index contributed by atoms with van der Waals surface area (Å²) in [5.41, 5.74) is -1.38. The molecule has 0 saturated carbocycles. The number of hydrogen-bond donors (Lipinski definition) is 1. The van der Waals surface area contributed by atoms with Gasteiger partial charge in [-0.1, -0.05) is 23.4 Å². The second kappa shape index (κ2) is 8.17. The van der Waals surface area contributed by atoms with Gasteiger partial charge in [0, 0.05) is 18.3 Å². The van der Waals surface area contributed by atoms with Crippen LogP contribution in [0, 0.1) is 21.4 Å². The highest BCUT2D eigenvalue weighted by Crippen LogP contribution is 2.33. The maximum atomic E-state index is 13.0. The first-order valence-electron chi connectivity index (χ1n) is 7.83. The Hall–Kier alpha value is -3.37. The molecule has 0 aliphatic carbocycles. The number of nitro groups is 1. The fraction of sp³-hybridized carbons (Fsp3) is 0.125. The minimum Gasteiger partial charge on any atom is -0.324 e. The summed E-state index contributed by atoms with van der Waals surface area (Å²) in [7, 11) is 0. The zero-order valence-electron chi connectivity index (χ0n) is 14.5. The Morgan fingerprint density at radius 1 is 1.37 bits per heavy atom. The topological polar surface area (TPSA) is 126 Å². The number of nitro benzene ring substituents is 1. The summed E-state index contributed by atoms with van der Waals surface area (Å²) in [6.45, 7) is 0. The molecule has 1 amide bonds. The lowest BCUT2D eigenvalue weighted by Crippen LogP contribution is -2.15. The molecule has 14 heteroatoms. The lowest BCUT2D eigenvalue weighted by atomic mass is 10.1. The Morgan fingerprint density at radius 2 is 2.10 bits per heavy atom. The Kier molecular flexibility index (Phi) is 5.81. The van der Waals surface area contributed by atoms with Crippen LogP contribution in [0.4, 0.5) is 24.5 Å². The number of anilines is 1. The van der Waals surface area contributed by atoms with Crippen molar-refractivity contribution in [1.82, 2.24) is 14.6 Å². The Labute approximate surface area is 174 Å². The van der Waals surface area contributed by atoms with Crippen LogP contribution < -0.4 is 5.32 Å². The van der Waals surface area contributed by atoms with Gasteiger partial charge in [-0.25, -0.2) is 0 Å². The molecule has 1 N–H and O–H groups in total. The average Bonchev–Trinajstić information content (AvgIpc) is 3.09. The molecule has 3 aromatic rings. The Morgan fingerprint density at radius 3 is 2.73 bits per heavy atom. The van der Waals surface area contributed by atoms with Crippen LogP contribution in [0.15, 0.2) is 35.6 Å². The zero-order valence-corrected chi connectivity index (χ0v) is 16.0. The molecular weight excluding hydrogens is 449 g/mol. The molecule has 30 heavy (non-hydrogen) atoms. The van der Waals surface area contributed by atoms with E-state index in [0.29, 0.717) is 0 Å². The number of aromatic nitrogens is 3. The molecule has 0 aliphatic heterocycles. The van der Waals surface area contributed by atoms with E-state index in [-0.39, 0.29) is 38.5 Å². The van der Waals surface area contributed by atoms with E-state index in [2.05, 4.69) is 15.5 Å². The molecule has 2 aromatic heterocycles. The third-order valence-electron chi connectivity index (χ3n) is 3.70. The van der Waals surface area contributed by atoms with Crippen LogP contribution in [0.2, 0.25) is 5.02 Å². The summed E-state index contributed by atoms with van der Waals surface area (Å²) in [6, 6.07) is 5.81. The first-order valence-corrected chi connectivity index (χ1v) is 9.19. The number of nitrogens with zero attached hydrogens (tertiary/aromatic N) is 5. The van der Waals surface area contributed by atoms with E-state index in [0.717, 1.165) is 40.6 Å². The van der Waals surface area contributed by atoms with Crippen LogP contribution in [0.25, 0.3) is 5.65 Å². The number of nitrogens with one attached hydrogen (secondary N) is 1. The van der Waals surface area contributed by atoms with Gasteiger partial charge in [-0.05, 0) is 12.1 Å². The molecule has 0 atom stereocenters. The van der Waals surface area contributed by atoms with Crippen LogP contribution in [-0.2, 0) is 11.0 Å². The number of carbonyl (C=O) groups excluding carboxylic acids is 1. The van der Waals surface area contributed by atoms with Crippen molar-refractivity contribution < 1.29 is 22.9 Å². The number of alkyl halides is 3. The van der Waals surface area contributed by atoms with Crippen molar-refractivity contribution in [3.63, 3.8) is 0 Å². The molecule has 0 radical (unpaired) electrons. The Balaban J connectivity index is 1.77. The molecule has 0 unspecified atom stereocenters. The van der Waals surface area contributed by atoms with Crippen LogP contribution >= 0.6 is 23.4 Å². The number of amides is 1. The average molecular weight is 457 g/mol. The van der Waals surface area contributed by atoms with Crippen molar-refractivity contribution in [2.45, 2.75) is 11.3 Å². The van der Waals surface area contributed by atoms with Gasteiger partial charge in [0.2, 0.25) is 5.91 Å². The van der Waals surface area contributed by atoms with Crippen LogP contribution in [-0.4, -0.2) is 31.2 Å². The number of thioether (sulfide) groups is 1. The SMILES string of the molecule is N#Cc1cc([N+](=O)[O-])ccc1NC(=O)CSc1nnc2c(Cl)cc(C(F)(F)F)cn12. The van der Waals surface area contributed by atoms with E-state index in [1.807, 2.05) is 0 Å². The largest absolute Gasteiger partial charge is 0.417 e. The van der Waals surface area contributed by atoms with Gasteiger partial charge in [0.15, 0.2) is 10.8 Å². The summed E-state index contributed by atoms with van der Waals surface area (Å²) in [4.78, 5) is 22.3. The monoisotopic (exact) mass is 456 g/mol. The van der Waals surface area contributed by atoms with Gasteiger partial charge in [-0.3, -0.25) is 19.3 Å². The van der Waals surface area contributed by atoms with Crippen LogP contribution in [0.3, 0.4) is 0 Å². The van der Waals surface area contributed by atoms with Crippen molar-refractivity contribution in [3.05, 3.63) is 56.7 Å². The molecular formula is C16H8ClF3N6O3S. The van der Waals surface area contributed by atoms with Gasteiger partial charge in [-0.15, -0.1) is 10.2 Å². The number of nitriles is 1. The van der Waals surface area contributed by atoms with E-state index >= 15 is 0 Å². The minimum absolute atomic E-state index is 0.00245. The number of rotatable bonds is 5. The van der Waals surface area contributed by atoms with Gasteiger partial charge in [0.25, 0.3) is 5.69 Å². The third-order valence-corrected chi connectivity index (χ3v) is 4.92. The van der Waals surface area contributed by atoms with Gasteiger partial charge in [0.05, 0.1) is 32.5 Å². The van der Waals surface area contributed by atoms with E-state index in [1.54, 1.807) is 6.07 Å². The number of non-ortho nitro benzene ring substituents is 1. The van der Waals surface area contributed by atoms with Gasteiger partial charge in [-0.2, -0.15) is 18.4 Å². The molecule has 9 nitrogen and oxygen atoms in total. The second-order valence-electron chi connectivity index (χ2n) is 5.69. The summed E-state index contributed by atoms with van der Waals surface area (Å²) < 4.78 is 40.0. The highest BCUT2D eigenvalue weighted by Gasteiger charge is 2.32. The highest BCUT2D eigenvalue weighted by molar-refractivity contribution is 7.99. The predicted molar refractivity (Wildman–Crippen MR) is 100 cm³/mol. The molecule has 0 saturated heterocycles. The molecule has 0 bridgehead atoms. The van der Waals surface area contributed by atoms with Gasteiger partial charge >= 0.3 is 6.18 Å². The number of carbonyl (C=O) groups is 1. The standard InChI is InChI=1S/C16H8ClF3N6O3S/c17-11-4-9(16(18,19)20)6-25-14(11)23-24-15(25)30-7-13(27)22-12-2-1-10(26(28)29)3-8(12)5-21/h1-4,6H,7H2,(H,22,27). The first kappa shape index (κ1) is 21.3. The zero-order chi connectivity index (χ0) is 22.1. The predicted octanol–water partition coefficient (Wildman–Crippen LogP) is 3.91. The van der Waals surface area contributed by atoms with Crippen molar-refractivity contribution in [2.75, 3.05) is 11.1 Å². The number of pyridine rings is 1. The van der Waals surface area contributed by atoms with E-state index in [1.165, 1.54) is 6.07 Å². The maximum absolute atomic E-state index is 13.0. The molecule has 0 fully saturated rings. The second-order valence-corrected chi connectivity index (χ2v) is 7.04. The summed E-state index contributed by atoms with van der Waals surface area (Å²) in [5, 5.41) is 29.5. The van der Waals surface area contributed by atoms with Crippen LogP contribution in [0.1, 0.15) is 11.1 Å². The molecule has 3 rings (SSSR count). The Bertz CT molecular complexity index is 1210. The van der Waals surface area contributed by atoms with Gasteiger partial charge in [0.1, 0.15) is 6.07 Å². The molecule has 0 aliphatic rings. The number of hydrogen-bond acceptors (Lipinski definition) is 7. The molecule has 154 valence electrons. The fourth-order valence-electron chi connectivity index (χ4n) is 2.35. The minimum atomic E-state index is -4.63. The number of fused-ring (bicyclic) bond motifs is 1. The van der Waals surface area contributed by atoms with Crippen molar-refractivity contribution in [2.24, 2.45) is 0 Å². The van der Waals surface area contributed by atoms with Crippen molar-refractivity contribution in [1.29, 1.82) is 5.26 Å². The molecule has 0 spiro atoms. The van der Waals surface area contributed by atoms with Crippen molar-refractivity contribution >= 4 is 46.3 Å². The lowest BCUT2D eigenvalue weighted by molar-refractivity contribution is -0.384. The smallest absolute Gasteiger partial charge is 0.324 e. The summed E-state index contributed by atoms with van der Waals surface area (Å²) in [5.74, 6) is -0.892. The molecule has 2 heterocycles. The normalized spacial score (nSPS) is 11.3. The third kappa shape index (κ3) is 4.44. The fourth-order valence-corrected chi connectivity index (χ4v) is 3.31. The van der Waals surface area contributed by atoms with E-state index in [4.69, 9.17) is 16.9 Å². The van der Waals surface area contributed by atoms with Crippen LogP contribution in [0.5, 0.6) is 0 Å². The van der Waals surface area contributed by atoms with Crippen molar-refractivity contribution in [3.8, 4) is 6.07 Å². The summed E-state index contributed by atoms with van der Waals surface area (Å²) >= 11 is 6.62. The maximum Gasteiger partial charge on any atom is 0.417 e. The summed E-state index contributed by atoms with van der Waals surface area (Å²) in [6.07, 6.45) is -3.86. The van der Waals surface area contributed by atoms with Gasteiger partial charge < -0.3 is 5.32 Å². The molecule has 1 aromatic carbocycles. The quantitative estimate of drug-likeness (QED) is 0.350. The van der Waals surface area contributed by atoms with E-state index in [9.17, 15) is 28.1 Å². The number of benzene rings is 1.